The zero-order valence-corrected chi connectivity index (χ0v) is 20.3. The van der Waals surface area contributed by atoms with Gasteiger partial charge in [0.25, 0.3) is 0 Å². The first-order valence-corrected chi connectivity index (χ1v) is 13.7. The second kappa shape index (κ2) is 10.1. The first-order chi connectivity index (χ1) is 16.2. The first kappa shape index (κ1) is 22.2. The van der Waals surface area contributed by atoms with Crippen LogP contribution >= 0.6 is 0 Å². The van der Waals surface area contributed by atoms with Gasteiger partial charge < -0.3 is 10.1 Å². The molecular weight excluding hydrogens is 426 g/mol. The lowest BCUT2D eigenvalue weighted by Crippen LogP contribution is -2.23. The van der Waals surface area contributed by atoms with Gasteiger partial charge in [-0.15, -0.1) is 0 Å². The van der Waals surface area contributed by atoms with Crippen molar-refractivity contribution in [1.29, 1.82) is 0 Å². The summed E-state index contributed by atoms with van der Waals surface area (Å²) in [6.07, 6.45) is 5.40. The summed E-state index contributed by atoms with van der Waals surface area (Å²) < 4.78 is 17.9. The van der Waals surface area contributed by atoms with Crippen molar-refractivity contribution < 1.29 is 8.95 Å². The van der Waals surface area contributed by atoms with Crippen LogP contribution in [0.1, 0.15) is 41.5 Å². The van der Waals surface area contributed by atoms with Crippen LogP contribution in [0.15, 0.2) is 60.7 Å². The molecule has 3 nitrogen and oxygen atoms in total. The summed E-state index contributed by atoms with van der Waals surface area (Å²) in [5.74, 6) is 3.18. The van der Waals surface area contributed by atoms with Crippen LogP contribution in [-0.2, 0) is 30.2 Å². The minimum absolute atomic E-state index is 0.530. The summed E-state index contributed by atoms with van der Waals surface area (Å²) in [5, 5.41) is 3.54. The number of hydrogen-bond donors (Lipinski definition) is 1. The van der Waals surface area contributed by atoms with Crippen LogP contribution in [-0.4, -0.2) is 22.3 Å². The molecule has 4 heteroatoms. The van der Waals surface area contributed by atoms with E-state index in [1.165, 1.54) is 39.8 Å². The Hall–Kier alpha value is -2.59. The quantitative estimate of drug-likeness (QED) is 0.470. The molecule has 0 spiro atoms. The van der Waals surface area contributed by atoms with Crippen molar-refractivity contribution in [2.24, 2.45) is 5.92 Å². The fraction of sp³-hybridized carbons (Fsp3) is 0.379. The lowest BCUT2D eigenvalue weighted by molar-refractivity contribution is 0.239. The molecule has 0 amide bonds. The van der Waals surface area contributed by atoms with Gasteiger partial charge in [0, 0.05) is 34.5 Å². The highest BCUT2D eigenvalue weighted by molar-refractivity contribution is 7.85. The summed E-state index contributed by atoms with van der Waals surface area (Å²) in [7, 11) is -0.612. The highest BCUT2D eigenvalue weighted by Gasteiger charge is 2.21. The van der Waals surface area contributed by atoms with E-state index in [-0.39, 0.29) is 0 Å². The zero-order valence-electron chi connectivity index (χ0n) is 19.4. The highest BCUT2D eigenvalue weighted by Crippen LogP contribution is 2.38. The fourth-order valence-corrected chi connectivity index (χ4v) is 6.52. The van der Waals surface area contributed by atoms with E-state index < -0.39 is 10.8 Å². The fourth-order valence-electron chi connectivity index (χ4n) is 5.13. The average Bonchev–Trinajstić information content (AvgIpc) is 3.02. The number of nitrogens with one attached hydrogen (secondary N) is 1. The Morgan fingerprint density at radius 1 is 0.970 bits per heavy atom. The van der Waals surface area contributed by atoms with Crippen molar-refractivity contribution in [3.63, 3.8) is 0 Å². The van der Waals surface area contributed by atoms with Crippen LogP contribution in [0.25, 0.3) is 11.1 Å². The Morgan fingerprint density at radius 3 is 2.58 bits per heavy atom. The van der Waals surface area contributed by atoms with E-state index in [4.69, 9.17) is 4.74 Å². The normalized spacial score (nSPS) is 19.8. The zero-order chi connectivity index (χ0) is 22.6. The van der Waals surface area contributed by atoms with Crippen LogP contribution in [0.3, 0.4) is 0 Å². The van der Waals surface area contributed by atoms with Gasteiger partial charge in [-0.3, -0.25) is 4.21 Å². The number of benzene rings is 3. The number of anilines is 1. The summed E-state index contributed by atoms with van der Waals surface area (Å²) in [6, 6.07) is 21.8. The van der Waals surface area contributed by atoms with Crippen LogP contribution in [0.5, 0.6) is 5.75 Å². The molecule has 33 heavy (non-hydrogen) atoms. The average molecular weight is 460 g/mol. The molecule has 1 aliphatic heterocycles. The van der Waals surface area contributed by atoms with Gasteiger partial charge in [-0.05, 0) is 109 Å². The monoisotopic (exact) mass is 459 g/mol. The number of rotatable bonds is 6. The van der Waals surface area contributed by atoms with Gasteiger partial charge in [-0.1, -0.05) is 30.3 Å². The number of aryl methyl sites for hydroxylation is 3. The summed E-state index contributed by atoms with van der Waals surface area (Å²) in [6.45, 7) is 3.78. The van der Waals surface area contributed by atoms with Gasteiger partial charge in [0.2, 0.25) is 0 Å². The Morgan fingerprint density at radius 2 is 1.76 bits per heavy atom. The molecule has 1 heterocycles. The molecule has 1 saturated heterocycles. The molecule has 1 aliphatic carbocycles. The SMILES string of the molecule is Cc1cc(OCC2CCS(=O)CC2)cc2c1-c1cc(CNc3ccccc3)ccc1CCC2. The number of hydrogen-bond acceptors (Lipinski definition) is 3. The maximum absolute atomic E-state index is 11.6. The number of ether oxygens (including phenoxy) is 1. The Kier molecular flexibility index (Phi) is 6.82. The van der Waals surface area contributed by atoms with Crippen molar-refractivity contribution in [2.45, 2.75) is 45.6 Å². The van der Waals surface area contributed by atoms with Gasteiger partial charge in [0.15, 0.2) is 0 Å². The van der Waals surface area contributed by atoms with Crippen LogP contribution in [0.2, 0.25) is 0 Å². The van der Waals surface area contributed by atoms with E-state index in [0.29, 0.717) is 5.92 Å². The van der Waals surface area contributed by atoms with E-state index in [1.54, 1.807) is 0 Å². The van der Waals surface area contributed by atoms with Crippen molar-refractivity contribution >= 4 is 16.5 Å². The summed E-state index contributed by atoms with van der Waals surface area (Å²) >= 11 is 0. The minimum Gasteiger partial charge on any atom is -0.493 e. The van der Waals surface area contributed by atoms with Crippen molar-refractivity contribution in [1.82, 2.24) is 0 Å². The maximum Gasteiger partial charge on any atom is 0.119 e. The van der Waals surface area contributed by atoms with E-state index in [2.05, 4.69) is 66.8 Å². The predicted octanol–water partition coefficient (Wildman–Crippen LogP) is 6.30. The van der Waals surface area contributed by atoms with Crippen LogP contribution < -0.4 is 10.1 Å². The van der Waals surface area contributed by atoms with Crippen molar-refractivity contribution in [3.8, 4) is 16.9 Å². The maximum atomic E-state index is 11.6. The number of para-hydroxylation sites is 1. The lowest BCUT2D eigenvalue weighted by atomic mass is 9.91. The summed E-state index contributed by atoms with van der Waals surface area (Å²) in [4.78, 5) is 0. The molecule has 0 saturated carbocycles. The summed E-state index contributed by atoms with van der Waals surface area (Å²) in [5.41, 5.74) is 9.38. The Balaban J connectivity index is 1.36. The molecule has 1 fully saturated rings. The third-order valence-electron chi connectivity index (χ3n) is 6.99. The third-order valence-corrected chi connectivity index (χ3v) is 8.37. The van der Waals surface area contributed by atoms with Gasteiger partial charge >= 0.3 is 0 Å². The molecule has 3 aromatic carbocycles. The molecule has 172 valence electrons. The van der Waals surface area contributed by atoms with E-state index >= 15 is 0 Å². The molecule has 0 bridgehead atoms. The second-order valence-corrected chi connectivity index (χ2v) is 11.1. The van der Waals surface area contributed by atoms with Gasteiger partial charge in [0.05, 0.1) is 6.61 Å². The van der Waals surface area contributed by atoms with Crippen molar-refractivity contribution in [3.05, 3.63) is 82.9 Å². The van der Waals surface area contributed by atoms with Crippen LogP contribution in [0.4, 0.5) is 5.69 Å². The molecule has 5 rings (SSSR count). The van der Waals surface area contributed by atoms with Gasteiger partial charge in [0.1, 0.15) is 5.75 Å². The minimum atomic E-state index is -0.612. The largest absolute Gasteiger partial charge is 0.493 e. The lowest BCUT2D eigenvalue weighted by Gasteiger charge is -2.22. The van der Waals surface area contributed by atoms with E-state index in [9.17, 15) is 4.21 Å². The van der Waals surface area contributed by atoms with Gasteiger partial charge in [-0.2, -0.15) is 0 Å². The third kappa shape index (κ3) is 5.33. The number of fused-ring (bicyclic) bond motifs is 3. The standard InChI is InChI=1S/C29H33NO2S/c1-21-16-27(32-20-22-12-14-33(31)15-13-22)18-25-7-5-6-24-11-10-23(17-28(24)29(21)25)19-30-26-8-3-2-4-9-26/h2-4,8-11,16-18,22,30H,5-7,12-15,19-20H2,1H3. The van der Waals surface area contributed by atoms with Crippen LogP contribution in [0, 0.1) is 12.8 Å². The van der Waals surface area contributed by atoms with E-state index in [1.807, 2.05) is 6.07 Å². The Bertz CT molecular complexity index is 1130. The molecule has 0 radical (unpaired) electrons. The molecule has 0 atom stereocenters. The highest BCUT2D eigenvalue weighted by atomic mass is 32.2. The molecule has 2 aliphatic rings. The Labute approximate surface area is 200 Å². The topological polar surface area (TPSA) is 38.3 Å². The first-order valence-electron chi connectivity index (χ1n) is 12.2. The molecular formula is C29H33NO2S. The van der Waals surface area contributed by atoms with Gasteiger partial charge in [-0.25, -0.2) is 0 Å². The molecule has 3 aromatic rings. The van der Waals surface area contributed by atoms with E-state index in [0.717, 1.165) is 61.8 Å². The molecule has 0 aromatic heterocycles. The van der Waals surface area contributed by atoms with Crippen molar-refractivity contribution in [2.75, 3.05) is 23.4 Å². The molecule has 0 unspecified atom stereocenters. The smallest absolute Gasteiger partial charge is 0.119 e. The second-order valence-electron chi connectivity index (χ2n) is 9.44. The molecule has 1 N–H and O–H groups in total. The predicted molar refractivity (Wildman–Crippen MR) is 139 cm³/mol.